The first-order chi connectivity index (χ1) is 9.06. The van der Waals surface area contributed by atoms with Crippen LogP contribution in [0.4, 0.5) is 5.69 Å². The second-order valence-corrected chi connectivity index (χ2v) is 4.59. The number of benzene rings is 1. The van der Waals surface area contributed by atoms with Crippen LogP contribution in [0.3, 0.4) is 0 Å². The van der Waals surface area contributed by atoms with Crippen LogP contribution in [0.2, 0.25) is 0 Å². The number of aliphatic imine (C=N–C) groups is 1. The lowest BCUT2D eigenvalue weighted by Gasteiger charge is -2.28. The summed E-state index contributed by atoms with van der Waals surface area (Å²) in [5.41, 5.74) is 5.90. The zero-order valence-electron chi connectivity index (χ0n) is 10.5. The number of anilines is 1. The maximum Gasteiger partial charge on any atom is 0.205 e. The fraction of sp³-hybridized carbons (Fsp3) is 0.385. The molecule has 2 rings (SSSR count). The second kappa shape index (κ2) is 5.36. The Labute approximate surface area is 111 Å². The minimum atomic E-state index is -1.33. The van der Waals surface area contributed by atoms with E-state index in [9.17, 15) is 10.3 Å². The molecule has 6 heteroatoms. The monoisotopic (exact) mass is 260 g/mol. The maximum absolute atomic E-state index is 10.9. The van der Waals surface area contributed by atoms with Crippen molar-refractivity contribution in [2.24, 2.45) is 4.99 Å². The third-order valence-corrected chi connectivity index (χ3v) is 3.39. The Bertz CT molecular complexity index is 520. The number of rotatable bonds is 1. The number of hydrogen-bond acceptors (Lipinski definition) is 6. The van der Waals surface area contributed by atoms with Crippen molar-refractivity contribution in [1.29, 1.82) is 5.26 Å². The topological polar surface area (TPSA) is 106 Å². The molecule has 1 saturated heterocycles. The van der Waals surface area contributed by atoms with E-state index in [0.717, 1.165) is 5.06 Å². The predicted molar refractivity (Wildman–Crippen MR) is 70.4 cm³/mol. The van der Waals surface area contributed by atoms with Crippen molar-refractivity contribution in [3.63, 3.8) is 0 Å². The molecule has 1 atom stereocenters. The molecule has 1 aliphatic heterocycles. The molecule has 0 radical (unpaired) electrons. The van der Waals surface area contributed by atoms with E-state index < -0.39 is 5.60 Å². The smallest absolute Gasteiger partial charge is 0.205 e. The molecule has 0 saturated carbocycles. The number of hydroxylamine groups is 2. The highest BCUT2D eigenvalue weighted by Gasteiger charge is 2.37. The molecule has 1 fully saturated rings. The van der Waals surface area contributed by atoms with E-state index in [1.54, 1.807) is 30.5 Å². The summed E-state index contributed by atoms with van der Waals surface area (Å²) in [7, 11) is 0. The van der Waals surface area contributed by atoms with Gasteiger partial charge in [-0.05, 0) is 17.7 Å². The van der Waals surface area contributed by atoms with E-state index in [-0.39, 0.29) is 6.42 Å². The number of hydrogen-bond donors (Lipinski definition) is 3. The minimum absolute atomic E-state index is 0.272. The van der Waals surface area contributed by atoms with E-state index in [1.165, 1.54) is 0 Å². The fourth-order valence-corrected chi connectivity index (χ4v) is 2.27. The van der Waals surface area contributed by atoms with Gasteiger partial charge in [0.2, 0.25) is 6.19 Å². The summed E-state index contributed by atoms with van der Waals surface area (Å²) in [4.78, 5) is 3.73. The van der Waals surface area contributed by atoms with Crippen molar-refractivity contribution in [2.45, 2.75) is 18.4 Å². The van der Waals surface area contributed by atoms with Gasteiger partial charge in [0.05, 0.1) is 5.71 Å². The first-order valence-corrected chi connectivity index (χ1v) is 6.04. The lowest BCUT2D eigenvalue weighted by Crippen LogP contribution is -2.36. The lowest BCUT2D eigenvalue weighted by molar-refractivity contribution is -0.0929. The van der Waals surface area contributed by atoms with Gasteiger partial charge in [-0.2, -0.15) is 15.3 Å². The fourth-order valence-electron chi connectivity index (χ4n) is 2.27. The van der Waals surface area contributed by atoms with Crippen LogP contribution in [0.1, 0.15) is 18.4 Å². The Morgan fingerprint density at radius 3 is 2.63 bits per heavy atom. The van der Waals surface area contributed by atoms with E-state index in [2.05, 4.69) is 4.99 Å². The molecule has 1 aliphatic rings. The normalized spacial score (nSPS) is 26.9. The first kappa shape index (κ1) is 13.5. The average molecular weight is 260 g/mol. The molecular formula is C13H16N4O2. The Morgan fingerprint density at radius 2 is 2.00 bits per heavy atom. The van der Waals surface area contributed by atoms with Crippen LogP contribution in [0, 0.1) is 11.5 Å². The third-order valence-electron chi connectivity index (χ3n) is 3.39. The molecule has 6 nitrogen and oxygen atoms in total. The van der Waals surface area contributed by atoms with Gasteiger partial charge in [-0.15, -0.1) is 0 Å². The lowest BCUT2D eigenvalue weighted by atomic mass is 9.85. The molecule has 1 aromatic carbocycles. The summed E-state index contributed by atoms with van der Waals surface area (Å²) >= 11 is 0. The van der Waals surface area contributed by atoms with Crippen LogP contribution in [-0.4, -0.2) is 34.2 Å². The molecule has 1 heterocycles. The van der Waals surface area contributed by atoms with Crippen molar-refractivity contribution in [2.75, 3.05) is 18.8 Å². The van der Waals surface area contributed by atoms with Gasteiger partial charge in [-0.25, -0.2) is 0 Å². The molecule has 0 spiro atoms. The minimum Gasteiger partial charge on any atom is -0.399 e. The molecule has 0 amide bonds. The number of nitriles is 1. The van der Waals surface area contributed by atoms with E-state index in [0.29, 0.717) is 36.5 Å². The molecule has 4 N–H and O–H groups in total. The maximum atomic E-state index is 10.9. The number of nitrogens with zero attached hydrogens (tertiary/aromatic N) is 3. The van der Waals surface area contributed by atoms with Crippen LogP contribution in [-0.2, 0) is 5.60 Å². The Balaban J connectivity index is 2.43. The Morgan fingerprint density at radius 1 is 1.32 bits per heavy atom. The quantitative estimate of drug-likeness (QED) is 0.513. The number of nitrogen functional groups attached to an aromatic ring is 1. The molecule has 1 unspecified atom stereocenters. The highest BCUT2D eigenvalue weighted by molar-refractivity contribution is 5.94. The van der Waals surface area contributed by atoms with E-state index in [1.807, 2.05) is 0 Å². The van der Waals surface area contributed by atoms with Crippen molar-refractivity contribution in [3.05, 3.63) is 29.8 Å². The summed E-state index contributed by atoms with van der Waals surface area (Å²) in [6.07, 6.45) is 2.33. The number of nitrogens with two attached hydrogens (primary N) is 1. The van der Waals surface area contributed by atoms with E-state index in [4.69, 9.17) is 11.0 Å². The first-order valence-electron chi connectivity index (χ1n) is 6.04. The summed E-state index contributed by atoms with van der Waals surface area (Å²) in [6.45, 7) is 0.656. The standard InChI is InChI=1S/C13H16N4O2/c14-9-16-12-5-7-17(19)8-6-13(12,18)10-1-3-11(15)4-2-10/h1-4,18-19H,5-8,15H2. The van der Waals surface area contributed by atoms with Crippen LogP contribution < -0.4 is 5.73 Å². The van der Waals surface area contributed by atoms with Crippen molar-refractivity contribution in [1.82, 2.24) is 5.06 Å². The van der Waals surface area contributed by atoms with Crippen molar-refractivity contribution < 1.29 is 10.3 Å². The van der Waals surface area contributed by atoms with Crippen LogP contribution in [0.5, 0.6) is 0 Å². The molecule has 0 aromatic heterocycles. The van der Waals surface area contributed by atoms with Gasteiger partial charge >= 0.3 is 0 Å². The largest absolute Gasteiger partial charge is 0.399 e. The van der Waals surface area contributed by atoms with Gasteiger partial charge in [0.1, 0.15) is 5.60 Å². The van der Waals surface area contributed by atoms with Gasteiger partial charge in [-0.3, -0.25) is 0 Å². The second-order valence-electron chi connectivity index (χ2n) is 4.59. The molecule has 19 heavy (non-hydrogen) atoms. The van der Waals surface area contributed by atoms with E-state index >= 15 is 0 Å². The Hall–Kier alpha value is -1.94. The van der Waals surface area contributed by atoms with Crippen LogP contribution >= 0.6 is 0 Å². The Kier molecular flexibility index (Phi) is 3.81. The zero-order chi connectivity index (χ0) is 13.9. The van der Waals surface area contributed by atoms with Crippen LogP contribution in [0.15, 0.2) is 29.3 Å². The average Bonchev–Trinajstić information content (AvgIpc) is 2.54. The third kappa shape index (κ3) is 2.74. The number of aliphatic hydroxyl groups is 1. The van der Waals surface area contributed by atoms with Gasteiger partial charge in [-0.1, -0.05) is 12.1 Å². The summed E-state index contributed by atoms with van der Waals surface area (Å²) in [5, 5.41) is 30.3. The van der Waals surface area contributed by atoms with Gasteiger partial charge in [0.25, 0.3) is 0 Å². The molecule has 100 valence electrons. The summed E-state index contributed by atoms with van der Waals surface area (Å²) in [6, 6.07) is 6.82. The zero-order valence-corrected chi connectivity index (χ0v) is 10.5. The van der Waals surface area contributed by atoms with Gasteiger partial charge in [0, 0.05) is 31.6 Å². The highest BCUT2D eigenvalue weighted by atomic mass is 16.5. The SMILES string of the molecule is N#CN=C1CCN(O)CCC1(O)c1ccc(N)cc1. The van der Waals surface area contributed by atoms with Crippen molar-refractivity contribution in [3.8, 4) is 6.19 Å². The summed E-state index contributed by atoms with van der Waals surface area (Å²) in [5.74, 6) is 0. The highest BCUT2D eigenvalue weighted by Crippen LogP contribution is 2.31. The predicted octanol–water partition coefficient (Wildman–Crippen LogP) is 0.863. The van der Waals surface area contributed by atoms with Crippen LogP contribution in [0.25, 0.3) is 0 Å². The summed E-state index contributed by atoms with van der Waals surface area (Å²) < 4.78 is 0. The van der Waals surface area contributed by atoms with Gasteiger partial charge in [0.15, 0.2) is 0 Å². The molecule has 1 aromatic rings. The molecule has 0 aliphatic carbocycles. The molecule has 0 bridgehead atoms. The molecular weight excluding hydrogens is 244 g/mol. The van der Waals surface area contributed by atoms with Crippen molar-refractivity contribution >= 4 is 11.4 Å². The van der Waals surface area contributed by atoms with Gasteiger partial charge < -0.3 is 16.0 Å².